The summed E-state index contributed by atoms with van der Waals surface area (Å²) in [5.74, 6) is -0.0304. The molecule has 1 aromatic heterocycles. The van der Waals surface area contributed by atoms with Crippen LogP contribution in [0.1, 0.15) is 11.1 Å². The summed E-state index contributed by atoms with van der Waals surface area (Å²) in [6, 6.07) is 12.4. The molecular formula is C19H17ClN4O5S. The Balaban J connectivity index is 1.74. The maximum atomic E-state index is 12.5. The van der Waals surface area contributed by atoms with Crippen LogP contribution in [0.25, 0.3) is 5.69 Å². The number of sulfone groups is 1. The molecule has 0 unspecified atom stereocenters. The van der Waals surface area contributed by atoms with E-state index in [0.717, 1.165) is 10.2 Å². The summed E-state index contributed by atoms with van der Waals surface area (Å²) in [4.78, 5) is 22.7. The van der Waals surface area contributed by atoms with Gasteiger partial charge in [0, 0.05) is 24.9 Å². The van der Waals surface area contributed by atoms with Gasteiger partial charge in [0.1, 0.15) is 5.02 Å². The van der Waals surface area contributed by atoms with Gasteiger partial charge in [-0.1, -0.05) is 35.9 Å². The van der Waals surface area contributed by atoms with Gasteiger partial charge >= 0.3 is 0 Å². The summed E-state index contributed by atoms with van der Waals surface area (Å²) >= 11 is 6.18. The molecule has 0 fully saturated rings. The summed E-state index contributed by atoms with van der Waals surface area (Å²) in [7, 11) is -3.10. The molecule has 1 N–H and O–H groups in total. The zero-order chi connectivity index (χ0) is 21.9. The van der Waals surface area contributed by atoms with Gasteiger partial charge in [0.25, 0.3) is 11.2 Å². The summed E-state index contributed by atoms with van der Waals surface area (Å²) in [5.41, 5.74) is 1.56. The van der Waals surface area contributed by atoms with E-state index < -0.39 is 20.3 Å². The highest BCUT2D eigenvalue weighted by molar-refractivity contribution is 7.89. The monoisotopic (exact) mass is 448 g/mol. The molecule has 0 aliphatic carbocycles. The maximum absolute atomic E-state index is 12.5. The van der Waals surface area contributed by atoms with Crippen molar-refractivity contribution >= 4 is 32.8 Å². The average molecular weight is 449 g/mol. The molecular weight excluding hydrogens is 432 g/mol. The molecule has 2 aromatic carbocycles. The van der Waals surface area contributed by atoms with Crippen LogP contribution in [0.3, 0.4) is 0 Å². The van der Waals surface area contributed by atoms with Gasteiger partial charge in [0.05, 0.1) is 28.2 Å². The third-order valence-electron chi connectivity index (χ3n) is 4.16. The minimum Gasteiger partial charge on any atom is -0.378 e. The predicted octanol–water partition coefficient (Wildman–Crippen LogP) is 2.95. The number of nitro benzene ring substituents is 1. The molecule has 0 aliphatic rings. The lowest BCUT2D eigenvalue weighted by Gasteiger charge is -2.11. The molecule has 0 bridgehead atoms. The molecule has 3 rings (SSSR count). The second kappa shape index (κ2) is 8.64. The SMILES string of the molecule is CS(=O)(=O)Cc1ccc(CNc2cnn(-c3ccc([N+](=O)[O-])cc3)c(=O)c2Cl)cc1. The smallest absolute Gasteiger partial charge is 0.292 e. The zero-order valence-corrected chi connectivity index (χ0v) is 17.4. The fraction of sp³-hybridized carbons (Fsp3) is 0.158. The van der Waals surface area contributed by atoms with E-state index >= 15 is 0 Å². The number of rotatable bonds is 7. The van der Waals surface area contributed by atoms with Crippen molar-refractivity contribution in [2.75, 3.05) is 11.6 Å². The topological polar surface area (TPSA) is 124 Å². The van der Waals surface area contributed by atoms with E-state index in [4.69, 9.17) is 11.6 Å². The van der Waals surface area contributed by atoms with E-state index in [1.165, 1.54) is 36.7 Å². The van der Waals surface area contributed by atoms with Crippen LogP contribution in [0.15, 0.2) is 59.5 Å². The minimum absolute atomic E-state index is 0.0304. The Bertz CT molecular complexity index is 1240. The first-order valence-electron chi connectivity index (χ1n) is 8.66. The van der Waals surface area contributed by atoms with Crippen molar-refractivity contribution in [3.63, 3.8) is 0 Å². The van der Waals surface area contributed by atoms with Gasteiger partial charge in [0.15, 0.2) is 9.84 Å². The lowest BCUT2D eigenvalue weighted by Crippen LogP contribution is -2.22. The second-order valence-electron chi connectivity index (χ2n) is 6.60. The lowest BCUT2D eigenvalue weighted by atomic mass is 10.1. The molecule has 0 aliphatic heterocycles. The largest absolute Gasteiger partial charge is 0.378 e. The minimum atomic E-state index is -3.10. The number of nitrogens with zero attached hydrogens (tertiary/aromatic N) is 3. The molecule has 1 heterocycles. The number of benzene rings is 2. The summed E-state index contributed by atoms with van der Waals surface area (Å²) in [5, 5.41) is 17.8. The van der Waals surface area contributed by atoms with Crippen LogP contribution < -0.4 is 10.9 Å². The number of hydrogen-bond acceptors (Lipinski definition) is 7. The third kappa shape index (κ3) is 5.22. The predicted molar refractivity (Wildman–Crippen MR) is 114 cm³/mol. The quantitative estimate of drug-likeness (QED) is 0.435. The van der Waals surface area contributed by atoms with Crippen LogP contribution >= 0.6 is 11.6 Å². The van der Waals surface area contributed by atoms with Gasteiger partial charge in [-0.25, -0.2) is 8.42 Å². The van der Waals surface area contributed by atoms with Gasteiger partial charge < -0.3 is 5.32 Å². The molecule has 0 saturated heterocycles. The Morgan fingerprint density at radius 3 is 2.27 bits per heavy atom. The van der Waals surface area contributed by atoms with Crippen molar-refractivity contribution < 1.29 is 13.3 Å². The number of non-ortho nitro benzene ring substituents is 1. The summed E-state index contributed by atoms with van der Waals surface area (Å²) in [6.07, 6.45) is 2.57. The van der Waals surface area contributed by atoms with E-state index in [-0.39, 0.29) is 16.5 Å². The Morgan fingerprint density at radius 1 is 1.10 bits per heavy atom. The number of anilines is 1. The fourth-order valence-corrected chi connectivity index (χ4v) is 3.70. The summed E-state index contributed by atoms with van der Waals surface area (Å²) in [6.45, 7) is 0.349. The molecule has 11 heteroatoms. The van der Waals surface area contributed by atoms with E-state index in [1.807, 2.05) is 0 Å². The van der Waals surface area contributed by atoms with Gasteiger partial charge in [-0.15, -0.1) is 0 Å². The van der Waals surface area contributed by atoms with E-state index in [1.54, 1.807) is 24.3 Å². The van der Waals surface area contributed by atoms with Crippen molar-refractivity contribution in [1.82, 2.24) is 9.78 Å². The van der Waals surface area contributed by atoms with Gasteiger partial charge in [-0.3, -0.25) is 14.9 Å². The van der Waals surface area contributed by atoms with Gasteiger partial charge in [0.2, 0.25) is 0 Å². The molecule has 0 amide bonds. The number of nitro groups is 1. The number of hydrogen-bond donors (Lipinski definition) is 1. The first-order chi connectivity index (χ1) is 14.1. The van der Waals surface area contributed by atoms with E-state index in [2.05, 4.69) is 10.4 Å². The second-order valence-corrected chi connectivity index (χ2v) is 9.12. The zero-order valence-electron chi connectivity index (χ0n) is 15.8. The Kier molecular flexibility index (Phi) is 6.18. The van der Waals surface area contributed by atoms with Crippen molar-refractivity contribution in [2.45, 2.75) is 12.3 Å². The van der Waals surface area contributed by atoms with Crippen LogP contribution in [-0.4, -0.2) is 29.4 Å². The summed E-state index contributed by atoms with van der Waals surface area (Å²) < 4.78 is 23.7. The maximum Gasteiger partial charge on any atom is 0.292 e. The molecule has 3 aromatic rings. The first-order valence-corrected chi connectivity index (χ1v) is 11.1. The first kappa shape index (κ1) is 21.5. The van der Waals surface area contributed by atoms with Crippen molar-refractivity contribution in [2.24, 2.45) is 0 Å². The Hall–Kier alpha value is -3.24. The van der Waals surface area contributed by atoms with Crippen LogP contribution in [0.5, 0.6) is 0 Å². The van der Waals surface area contributed by atoms with Crippen molar-refractivity contribution in [3.05, 3.63) is 91.3 Å². The van der Waals surface area contributed by atoms with Crippen molar-refractivity contribution in [1.29, 1.82) is 0 Å². The van der Waals surface area contributed by atoms with E-state index in [0.29, 0.717) is 23.5 Å². The Morgan fingerprint density at radius 2 is 1.70 bits per heavy atom. The number of nitrogens with one attached hydrogen (secondary N) is 1. The van der Waals surface area contributed by atoms with Gasteiger partial charge in [-0.2, -0.15) is 9.78 Å². The highest BCUT2D eigenvalue weighted by Gasteiger charge is 2.12. The van der Waals surface area contributed by atoms with Crippen LogP contribution in [0.4, 0.5) is 11.4 Å². The standard InChI is InChI=1S/C19H17ClN4O5S/c1-30(28,29)12-14-4-2-13(3-5-14)10-21-17-11-22-23(19(25)18(17)20)15-6-8-16(9-7-15)24(26)27/h2-9,11,21H,10,12H2,1H3. The van der Waals surface area contributed by atoms with Crippen LogP contribution in [0.2, 0.25) is 5.02 Å². The Labute approximate surface area is 177 Å². The lowest BCUT2D eigenvalue weighted by molar-refractivity contribution is -0.384. The molecule has 0 atom stereocenters. The van der Waals surface area contributed by atoms with Crippen LogP contribution in [0, 0.1) is 10.1 Å². The number of aromatic nitrogens is 2. The molecule has 30 heavy (non-hydrogen) atoms. The highest BCUT2D eigenvalue weighted by Crippen LogP contribution is 2.19. The normalized spacial score (nSPS) is 11.3. The number of halogens is 1. The van der Waals surface area contributed by atoms with Crippen molar-refractivity contribution in [3.8, 4) is 5.69 Å². The van der Waals surface area contributed by atoms with Crippen LogP contribution in [-0.2, 0) is 22.1 Å². The molecule has 156 valence electrons. The van der Waals surface area contributed by atoms with E-state index in [9.17, 15) is 23.3 Å². The fourth-order valence-electron chi connectivity index (χ4n) is 2.71. The molecule has 0 saturated carbocycles. The molecule has 0 spiro atoms. The average Bonchev–Trinajstić information content (AvgIpc) is 2.69. The highest BCUT2D eigenvalue weighted by atomic mass is 35.5. The van der Waals surface area contributed by atoms with Gasteiger partial charge in [-0.05, 0) is 23.3 Å². The molecule has 9 nitrogen and oxygen atoms in total. The third-order valence-corrected chi connectivity index (χ3v) is 5.38. The molecule has 0 radical (unpaired) electrons.